The molecule has 9 nitrogen and oxygen atoms in total. The van der Waals surface area contributed by atoms with Gasteiger partial charge in [0, 0.05) is 49.7 Å². The van der Waals surface area contributed by atoms with E-state index in [0.29, 0.717) is 24.4 Å². The van der Waals surface area contributed by atoms with Crippen LogP contribution in [0.15, 0.2) is 42.6 Å². The fourth-order valence-electron chi connectivity index (χ4n) is 5.46. The molecule has 4 heterocycles. The van der Waals surface area contributed by atoms with E-state index < -0.39 is 11.9 Å². The number of likely N-dealkylation sites (tertiary alicyclic amines) is 1. The van der Waals surface area contributed by atoms with Gasteiger partial charge in [-0.15, -0.1) is 0 Å². The van der Waals surface area contributed by atoms with Gasteiger partial charge in [-0.2, -0.15) is 0 Å². The average Bonchev–Trinajstić information content (AvgIpc) is 3.47. The van der Waals surface area contributed by atoms with Crippen LogP contribution in [0.2, 0.25) is 0 Å². The van der Waals surface area contributed by atoms with Crippen LogP contribution in [0.1, 0.15) is 53.5 Å². The van der Waals surface area contributed by atoms with E-state index in [0.717, 1.165) is 48.3 Å². The van der Waals surface area contributed by atoms with Crippen LogP contribution in [0, 0.1) is 11.8 Å². The van der Waals surface area contributed by atoms with E-state index >= 15 is 0 Å². The minimum absolute atomic E-state index is 0.0513. The SMILES string of the molecule is CC#Cc1ncc2cc(CN3CCC(Oc4ccc5c(c4)CN(C4CCC(=O)NC4=O)C5=O)C3)ccc2n1. The Bertz CT molecular complexity index is 1520. The Morgan fingerprint density at radius 2 is 2.03 bits per heavy atom. The second kappa shape index (κ2) is 9.88. The predicted octanol–water partition coefficient (Wildman–Crippen LogP) is 2.42. The van der Waals surface area contributed by atoms with Gasteiger partial charge in [0.05, 0.1) is 5.52 Å². The minimum Gasteiger partial charge on any atom is -0.489 e. The van der Waals surface area contributed by atoms with Gasteiger partial charge in [0.15, 0.2) is 0 Å². The lowest BCUT2D eigenvalue weighted by Crippen LogP contribution is -2.52. The fraction of sp³-hybridized carbons (Fsp3) is 0.345. The third-order valence-corrected chi connectivity index (χ3v) is 7.31. The molecule has 2 aromatic carbocycles. The van der Waals surface area contributed by atoms with E-state index in [1.807, 2.05) is 24.4 Å². The van der Waals surface area contributed by atoms with E-state index in [9.17, 15) is 14.4 Å². The van der Waals surface area contributed by atoms with Crippen molar-refractivity contribution >= 4 is 28.6 Å². The number of hydrogen-bond acceptors (Lipinski definition) is 7. The van der Waals surface area contributed by atoms with Crippen LogP contribution < -0.4 is 10.1 Å². The molecule has 2 fully saturated rings. The third-order valence-electron chi connectivity index (χ3n) is 7.31. The number of carbonyl (C=O) groups is 3. The summed E-state index contributed by atoms with van der Waals surface area (Å²) in [6.07, 6.45) is 3.38. The van der Waals surface area contributed by atoms with E-state index in [4.69, 9.17) is 4.74 Å². The van der Waals surface area contributed by atoms with Crippen molar-refractivity contribution in [2.24, 2.45) is 0 Å². The maximum atomic E-state index is 12.9. The van der Waals surface area contributed by atoms with Gasteiger partial charge in [-0.1, -0.05) is 12.0 Å². The fourth-order valence-corrected chi connectivity index (χ4v) is 5.46. The van der Waals surface area contributed by atoms with Crippen LogP contribution in [0.25, 0.3) is 10.9 Å². The molecule has 2 unspecified atom stereocenters. The van der Waals surface area contributed by atoms with Gasteiger partial charge in [-0.05, 0) is 67.1 Å². The van der Waals surface area contributed by atoms with Crippen molar-refractivity contribution in [2.45, 2.75) is 51.4 Å². The van der Waals surface area contributed by atoms with E-state index in [-0.39, 0.29) is 24.3 Å². The molecule has 9 heteroatoms. The topological polar surface area (TPSA) is 105 Å². The molecule has 3 amide bonds. The zero-order valence-electron chi connectivity index (χ0n) is 21.1. The molecule has 0 saturated carbocycles. The molecule has 3 aliphatic heterocycles. The first kappa shape index (κ1) is 24.1. The molecule has 2 saturated heterocycles. The molecule has 0 bridgehead atoms. The Morgan fingerprint density at radius 1 is 1.13 bits per heavy atom. The first-order chi connectivity index (χ1) is 18.5. The van der Waals surface area contributed by atoms with Crippen LogP contribution in [0.4, 0.5) is 0 Å². The molecule has 1 N–H and O–H groups in total. The van der Waals surface area contributed by atoms with Crippen molar-refractivity contribution in [2.75, 3.05) is 13.1 Å². The molecule has 192 valence electrons. The second-order valence-corrected chi connectivity index (χ2v) is 9.94. The number of aromatic nitrogens is 2. The van der Waals surface area contributed by atoms with Gasteiger partial charge in [-0.25, -0.2) is 9.97 Å². The lowest BCUT2D eigenvalue weighted by Gasteiger charge is -2.29. The molecule has 3 aromatic rings. The molecule has 0 spiro atoms. The van der Waals surface area contributed by atoms with Gasteiger partial charge in [0.25, 0.3) is 5.91 Å². The summed E-state index contributed by atoms with van der Waals surface area (Å²) in [7, 11) is 0. The highest BCUT2D eigenvalue weighted by Gasteiger charge is 2.39. The number of benzene rings is 2. The summed E-state index contributed by atoms with van der Waals surface area (Å²) in [4.78, 5) is 49.4. The first-order valence-electron chi connectivity index (χ1n) is 12.8. The molecule has 0 aliphatic carbocycles. The molecule has 1 aromatic heterocycles. The number of ether oxygens (including phenoxy) is 1. The summed E-state index contributed by atoms with van der Waals surface area (Å²) in [6, 6.07) is 11.1. The molecule has 6 rings (SSSR count). The Morgan fingerprint density at radius 3 is 2.87 bits per heavy atom. The molecule has 0 radical (unpaired) electrons. The van der Waals surface area contributed by atoms with E-state index in [1.54, 1.807) is 17.9 Å². The van der Waals surface area contributed by atoms with Gasteiger partial charge < -0.3 is 9.64 Å². The maximum Gasteiger partial charge on any atom is 0.255 e. The normalized spacial score (nSPS) is 21.3. The summed E-state index contributed by atoms with van der Waals surface area (Å²) in [5.74, 6) is 6.11. The standard InChI is InChI=1S/C29H27N5O4/c1-2-3-26-30-14-19-12-18(4-7-24(19)31-26)15-33-11-10-22(17-33)38-21-5-6-23-20(13-21)16-34(29(23)37)25-8-9-27(35)32-28(25)36/h4-7,12-14,22,25H,8-11,15-17H2,1H3,(H,32,35,36). The number of nitrogens with one attached hydrogen (secondary N) is 1. The number of hydrogen-bond donors (Lipinski definition) is 1. The number of fused-ring (bicyclic) bond motifs is 2. The van der Waals surface area contributed by atoms with Crippen molar-refractivity contribution in [3.05, 3.63) is 65.1 Å². The highest BCUT2D eigenvalue weighted by Crippen LogP contribution is 2.31. The smallest absolute Gasteiger partial charge is 0.255 e. The summed E-state index contributed by atoms with van der Waals surface area (Å²) in [6.45, 7) is 4.65. The molecular weight excluding hydrogens is 482 g/mol. The number of nitrogens with zero attached hydrogens (tertiary/aromatic N) is 4. The molecule has 38 heavy (non-hydrogen) atoms. The highest BCUT2D eigenvalue weighted by molar-refractivity contribution is 6.05. The predicted molar refractivity (Wildman–Crippen MR) is 139 cm³/mol. The Labute approximate surface area is 220 Å². The molecular formula is C29H27N5O4. The average molecular weight is 510 g/mol. The van der Waals surface area contributed by atoms with Gasteiger partial charge >= 0.3 is 0 Å². The van der Waals surface area contributed by atoms with E-state index in [2.05, 4.69) is 44.2 Å². The van der Waals surface area contributed by atoms with Crippen molar-refractivity contribution < 1.29 is 19.1 Å². The Hall–Kier alpha value is -4.29. The van der Waals surface area contributed by atoms with Crippen molar-refractivity contribution in [1.82, 2.24) is 25.1 Å². The number of rotatable bonds is 5. The Balaban J connectivity index is 1.07. The number of amides is 3. The Kier molecular flexibility index (Phi) is 6.26. The van der Waals surface area contributed by atoms with Crippen LogP contribution in [-0.4, -0.2) is 62.7 Å². The minimum atomic E-state index is -0.617. The lowest BCUT2D eigenvalue weighted by molar-refractivity contribution is -0.136. The monoisotopic (exact) mass is 509 g/mol. The third kappa shape index (κ3) is 4.71. The largest absolute Gasteiger partial charge is 0.489 e. The van der Waals surface area contributed by atoms with Gasteiger partial charge in [0.1, 0.15) is 17.9 Å². The molecule has 3 aliphatic rings. The van der Waals surface area contributed by atoms with Crippen molar-refractivity contribution in [1.29, 1.82) is 0 Å². The molecule has 2 atom stereocenters. The number of piperidine rings is 1. The summed E-state index contributed by atoms with van der Waals surface area (Å²) < 4.78 is 6.30. The second-order valence-electron chi connectivity index (χ2n) is 9.94. The van der Waals surface area contributed by atoms with Gasteiger partial charge in [0.2, 0.25) is 17.6 Å². The highest BCUT2D eigenvalue weighted by atomic mass is 16.5. The maximum absolute atomic E-state index is 12.9. The van der Waals surface area contributed by atoms with Crippen molar-refractivity contribution in [3.8, 4) is 17.6 Å². The zero-order valence-corrected chi connectivity index (χ0v) is 21.1. The number of imide groups is 1. The van der Waals surface area contributed by atoms with Crippen LogP contribution in [0.3, 0.4) is 0 Å². The zero-order chi connectivity index (χ0) is 26.2. The van der Waals surface area contributed by atoms with Crippen LogP contribution >= 0.6 is 0 Å². The van der Waals surface area contributed by atoms with E-state index in [1.165, 1.54) is 5.56 Å². The summed E-state index contributed by atoms with van der Waals surface area (Å²) in [5.41, 5.74) is 3.51. The van der Waals surface area contributed by atoms with Crippen LogP contribution in [0.5, 0.6) is 5.75 Å². The number of carbonyl (C=O) groups excluding carboxylic acids is 3. The lowest BCUT2D eigenvalue weighted by atomic mass is 10.0. The quantitative estimate of drug-likeness (QED) is 0.416. The summed E-state index contributed by atoms with van der Waals surface area (Å²) >= 11 is 0. The van der Waals surface area contributed by atoms with Crippen molar-refractivity contribution in [3.63, 3.8) is 0 Å². The first-order valence-corrected chi connectivity index (χ1v) is 12.8. The van der Waals surface area contributed by atoms with Gasteiger partial charge in [-0.3, -0.25) is 24.6 Å². The summed E-state index contributed by atoms with van der Waals surface area (Å²) in [5, 5.41) is 3.33. The van der Waals surface area contributed by atoms with Crippen LogP contribution in [-0.2, 0) is 22.7 Å².